The average molecular weight is 288 g/mol. The van der Waals surface area contributed by atoms with Crippen LogP contribution in [0.15, 0.2) is 42.5 Å². The standard InChI is InChI=1S/C15H10F2N2O2/c16-11-5-3-7-14(10(11)8-18)21-9-15(20)19-13-6-2-1-4-12(13)17/h1-7H,9H2,(H,19,20). The lowest BCUT2D eigenvalue weighted by atomic mass is 10.2. The molecule has 4 nitrogen and oxygen atoms in total. The van der Waals surface area contributed by atoms with Gasteiger partial charge in [-0.3, -0.25) is 4.79 Å². The molecule has 0 aromatic heterocycles. The first-order valence-electron chi connectivity index (χ1n) is 5.97. The fraction of sp³-hybridized carbons (Fsp3) is 0.0667. The van der Waals surface area contributed by atoms with E-state index in [1.54, 1.807) is 12.1 Å². The summed E-state index contributed by atoms with van der Waals surface area (Å²) in [7, 11) is 0. The normalized spacial score (nSPS) is 9.76. The first-order chi connectivity index (χ1) is 10.1. The van der Waals surface area contributed by atoms with Crippen molar-refractivity contribution in [3.8, 4) is 11.8 Å². The van der Waals surface area contributed by atoms with Gasteiger partial charge in [0.2, 0.25) is 0 Å². The Balaban J connectivity index is 2.01. The van der Waals surface area contributed by atoms with Crippen molar-refractivity contribution in [3.05, 3.63) is 59.7 Å². The van der Waals surface area contributed by atoms with Gasteiger partial charge in [-0.15, -0.1) is 0 Å². The molecule has 6 heteroatoms. The third kappa shape index (κ3) is 3.54. The van der Waals surface area contributed by atoms with Crippen LogP contribution in [0.3, 0.4) is 0 Å². The highest BCUT2D eigenvalue weighted by Gasteiger charge is 2.11. The molecular formula is C15H10F2N2O2. The van der Waals surface area contributed by atoms with Crippen molar-refractivity contribution < 1.29 is 18.3 Å². The summed E-state index contributed by atoms with van der Waals surface area (Å²) in [6.45, 7) is -0.466. The van der Waals surface area contributed by atoms with Crippen LogP contribution < -0.4 is 10.1 Å². The van der Waals surface area contributed by atoms with Crippen molar-refractivity contribution in [2.75, 3.05) is 11.9 Å². The molecule has 1 amide bonds. The molecule has 106 valence electrons. The van der Waals surface area contributed by atoms with Crippen molar-refractivity contribution in [1.82, 2.24) is 0 Å². The molecule has 0 unspecified atom stereocenters. The number of para-hydroxylation sites is 1. The predicted molar refractivity (Wildman–Crippen MR) is 71.6 cm³/mol. The highest BCUT2D eigenvalue weighted by molar-refractivity contribution is 5.92. The largest absolute Gasteiger partial charge is 0.482 e. The van der Waals surface area contributed by atoms with E-state index in [4.69, 9.17) is 10.00 Å². The van der Waals surface area contributed by atoms with Crippen molar-refractivity contribution in [2.24, 2.45) is 0 Å². The van der Waals surface area contributed by atoms with E-state index in [9.17, 15) is 13.6 Å². The van der Waals surface area contributed by atoms with E-state index in [-0.39, 0.29) is 17.0 Å². The second kappa shape index (κ2) is 6.48. The molecule has 0 saturated heterocycles. The summed E-state index contributed by atoms with van der Waals surface area (Å²) in [6, 6.07) is 11.2. The average Bonchev–Trinajstić information content (AvgIpc) is 2.47. The summed E-state index contributed by atoms with van der Waals surface area (Å²) in [5.74, 6) is -1.96. The second-order valence-electron chi connectivity index (χ2n) is 4.04. The lowest BCUT2D eigenvalue weighted by Crippen LogP contribution is -2.21. The number of carbonyl (C=O) groups excluding carboxylic acids is 1. The van der Waals surface area contributed by atoms with E-state index in [0.29, 0.717) is 0 Å². The van der Waals surface area contributed by atoms with Gasteiger partial charge in [0.15, 0.2) is 6.61 Å². The summed E-state index contributed by atoms with van der Waals surface area (Å²) < 4.78 is 31.7. The lowest BCUT2D eigenvalue weighted by molar-refractivity contribution is -0.118. The fourth-order valence-corrected chi connectivity index (χ4v) is 1.63. The molecule has 0 saturated carbocycles. The molecule has 0 atom stereocenters. The highest BCUT2D eigenvalue weighted by Crippen LogP contribution is 2.20. The lowest BCUT2D eigenvalue weighted by Gasteiger charge is -2.09. The molecular weight excluding hydrogens is 278 g/mol. The van der Waals surface area contributed by atoms with Gasteiger partial charge in [0.1, 0.15) is 29.0 Å². The minimum atomic E-state index is -0.732. The molecule has 0 spiro atoms. The van der Waals surface area contributed by atoms with E-state index in [1.165, 1.54) is 30.3 Å². The highest BCUT2D eigenvalue weighted by atomic mass is 19.1. The summed E-state index contributed by atoms with van der Waals surface area (Å²) >= 11 is 0. The second-order valence-corrected chi connectivity index (χ2v) is 4.04. The van der Waals surface area contributed by atoms with E-state index in [1.807, 2.05) is 0 Å². The zero-order chi connectivity index (χ0) is 15.2. The molecule has 0 aliphatic carbocycles. The topological polar surface area (TPSA) is 62.1 Å². The van der Waals surface area contributed by atoms with E-state index in [0.717, 1.165) is 6.07 Å². The number of nitrogens with one attached hydrogen (secondary N) is 1. The Hall–Kier alpha value is -2.94. The molecule has 0 bridgehead atoms. The number of benzene rings is 2. The maximum atomic E-state index is 13.3. The molecule has 1 N–H and O–H groups in total. The Morgan fingerprint density at radius 3 is 2.57 bits per heavy atom. The smallest absolute Gasteiger partial charge is 0.262 e. The van der Waals surface area contributed by atoms with Gasteiger partial charge in [-0.05, 0) is 24.3 Å². The molecule has 2 aromatic carbocycles. The molecule has 2 aromatic rings. The van der Waals surface area contributed by atoms with E-state index < -0.39 is 24.1 Å². The van der Waals surface area contributed by atoms with E-state index in [2.05, 4.69) is 5.32 Å². The number of hydrogen-bond donors (Lipinski definition) is 1. The van der Waals surface area contributed by atoms with Crippen molar-refractivity contribution >= 4 is 11.6 Å². The number of carbonyl (C=O) groups is 1. The van der Waals surface area contributed by atoms with E-state index >= 15 is 0 Å². The summed E-state index contributed by atoms with van der Waals surface area (Å²) in [4.78, 5) is 11.6. The van der Waals surface area contributed by atoms with Crippen LogP contribution in [-0.2, 0) is 4.79 Å². The Labute approximate surface area is 119 Å². The Morgan fingerprint density at radius 1 is 1.14 bits per heavy atom. The number of anilines is 1. The zero-order valence-corrected chi connectivity index (χ0v) is 10.8. The van der Waals surface area contributed by atoms with Gasteiger partial charge >= 0.3 is 0 Å². The fourth-order valence-electron chi connectivity index (χ4n) is 1.63. The van der Waals surface area contributed by atoms with Crippen LogP contribution in [-0.4, -0.2) is 12.5 Å². The van der Waals surface area contributed by atoms with Crippen LogP contribution in [0.2, 0.25) is 0 Å². The van der Waals surface area contributed by atoms with Crippen LogP contribution in [0, 0.1) is 23.0 Å². The quantitative estimate of drug-likeness (QED) is 0.941. The maximum Gasteiger partial charge on any atom is 0.262 e. The van der Waals surface area contributed by atoms with Gasteiger partial charge in [-0.2, -0.15) is 5.26 Å². The Kier molecular flexibility index (Phi) is 4.46. The molecule has 0 aliphatic rings. The molecule has 0 radical (unpaired) electrons. The molecule has 0 aliphatic heterocycles. The predicted octanol–water partition coefficient (Wildman–Crippen LogP) is 2.85. The summed E-state index contributed by atoms with van der Waals surface area (Å²) in [5, 5.41) is 11.1. The van der Waals surface area contributed by atoms with Gasteiger partial charge in [0, 0.05) is 0 Å². The first kappa shape index (κ1) is 14.5. The minimum Gasteiger partial charge on any atom is -0.482 e. The maximum absolute atomic E-state index is 13.3. The third-order valence-corrected chi connectivity index (χ3v) is 2.59. The SMILES string of the molecule is N#Cc1c(F)cccc1OCC(=O)Nc1ccccc1F. The van der Waals surface area contributed by atoms with Gasteiger partial charge in [-0.1, -0.05) is 18.2 Å². The van der Waals surface area contributed by atoms with Gasteiger partial charge in [0.25, 0.3) is 5.91 Å². The van der Waals surface area contributed by atoms with Gasteiger partial charge in [0.05, 0.1) is 5.69 Å². The van der Waals surface area contributed by atoms with Crippen molar-refractivity contribution in [1.29, 1.82) is 5.26 Å². The summed E-state index contributed by atoms with van der Waals surface area (Å²) in [6.07, 6.45) is 0. The monoisotopic (exact) mass is 288 g/mol. The number of ether oxygens (including phenoxy) is 1. The first-order valence-corrected chi connectivity index (χ1v) is 5.97. The summed E-state index contributed by atoms with van der Waals surface area (Å²) in [5.41, 5.74) is -0.262. The number of amides is 1. The van der Waals surface area contributed by atoms with Crippen LogP contribution in [0.4, 0.5) is 14.5 Å². The van der Waals surface area contributed by atoms with Crippen molar-refractivity contribution in [3.63, 3.8) is 0 Å². The number of rotatable bonds is 4. The molecule has 0 heterocycles. The number of nitrogens with zero attached hydrogens (tertiary/aromatic N) is 1. The number of hydrogen-bond acceptors (Lipinski definition) is 3. The Morgan fingerprint density at radius 2 is 1.86 bits per heavy atom. The number of halogens is 2. The van der Waals surface area contributed by atoms with Crippen molar-refractivity contribution in [2.45, 2.75) is 0 Å². The molecule has 21 heavy (non-hydrogen) atoms. The zero-order valence-electron chi connectivity index (χ0n) is 10.8. The van der Waals surface area contributed by atoms with Crippen LogP contribution in [0.1, 0.15) is 5.56 Å². The van der Waals surface area contributed by atoms with Crippen LogP contribution in [0.5, 0.6) is 5.75 Å². The van der Waals surface area contributed by atoms with Crippen LogP contribution in [0.25, 0.3) is 0 Å². The molecule has 2 rings (SSSR count). The van der Waals surface area contributed by atoms with Crippen LogP contribution >= 0.6 is 0 Å². The molecule has 0 fully saturated rings. The van der Waals surface area contributed by atoms with Gasteiger partial charge in [-0.25, -0.2) is 8.78 Å². The Bertz CT molecular complexity index is 711. The number of nitriles is 1. The van der Waals surface area contributed by atoms with Gasteiger partial charge < -0.3 is 10.1 Å². The third-order valence-electron chi connectivity index (χ3n) is 2.59. The minimum absolute atomic E-state index is 0.0193.